The molecule has 0 amide bonds. The number of imidazole rings is 1. The van der Waals surface area contributed by atoms with E-state index in [1.165, 1.54) is 54.3 Å². The fraction of sp³-hybridized carbons (Fsp3) is 0. The molecule has 0 bridgehead atoms. The van der Waals surface area contributed by atoms with Gasteiger partial charge in [-0.15, -0.1) is 0 Å². The fourth-order valence-corrected chi connectivity index (χ4v) is 6.70. The largest absolute Gasteiger partial charge is 0.292 e. The van der Waals surface area contributed by atoms with E-state index in [-0.39, 0.29) is 0 Å². The molecule has 188 valence electrons. The van der Waals surface area contributed by atoms with Crippen LogP contribution in [-0.4, -0.2) is 9.38 Å². The Bertz CT molecular complexity index is 2510. The van der Waals surface area contributed by atoms with Crippen molar-refractivity contribution < 1.29 is 0 Å². The Hall–Kier alpha value is -5.72. The molecule has 0 saturated carbocycles. The number of hydrogen-bond donors (Lipinski definition) is 0. The first-order valence-electron chi connectivity index (χ1n) is 13.8. The van der Waals surface area contributed by atoms with E-state index < -0.39 is 0 Å². The lowest BCUT2D eigenvalue weighted by Gasteiger charge is -2.12. The number of aromatic nitrogens is 2. The summed E-state index contributed by atoms with van der Waals surface area (Å²) in [5.41, 5.74) is 8.48. The average molecular weight is 520 g/mol. The highest BCUT2D eigenvalue weighted by atomic mass is 15.0. The standard InChI is InChI=1S/C38H21N3/c39-22-23-13-16-29-30-17-14-25(20-33(30)28-10-5-4-9-27(28)32(29)19-23)26-15-18-31-34(21-26)38-37(24-7-2-1-3-8-24)40-36-12-6-11-35(31)41(36)38/h1-21H. The zero-order chi connectivity index (χ0) is 27.1. The van der Waals surface area contributed by atoms with Crippen LogP contribution < -0.4 is 0 Å². The predicted molar refractivity (Wildman–Crippen MR) is 169 cm³/mol. The molecule has 0 atom stereocenters. The van der Waals surface area contributed by atoms with E-state index >= 15 is 0 Å². The van der Waals surface area contributed by atoms with E-state index in [0.29, 0.717) is 5.56 Å². The summed E-state index contributed by atoms with van der Waals surface area (Å²) in [7, 11) is 0. The zero-order valence-electron chi connectivity index (χ0n) is 22.0. The van der Waals surface area contributed by atoms with Crippen molar-refractivity contribution in [3.63, 3.8) is 0 Å². The van der Waals surface area contributed by atoms with Crippen LogP contribution in [0.25, 0.3) is 82.2 Å². The number of benzene rings is 6. The lowest BCUT2D eigenvalue weighted by Crippen LogP contribution is -1.86. The van der Waals surface area contributed by atoms with E-state index in [2.05, 4.69) is 120 Å². The van der Waals surface area contributed by atoms with Crippen molar-refractivity contribution in [3.05, 3.63) is 133 Å². The summed E-state index contributed by atoms with van der Waals surface area (Å²) < 4.78 is 2.30. The Kier molecular flexibility index (Phi) is 4.40. The monoisotopic (exact) mass is 519 g/mol. The van der Waals surface area contributed by atoms with Gasteiger partial charge in [0.2, 0.25) is 0 Å². The third kappa shape index (κ3) is 3.05. The minimum Gasteiger partial charge on any atom is -0.292 e. The summed E-state index contributed by atoms with van der Waals surface area (Å²) in [6.07, 6.45) is 0. The molecule has 0 N–H and O–H groups in total. The maximum absolute atomic E-state index is 9.53. The number of hydrogen-bond acceptors (Lipinski definition) is 2. The van der Waals surface area contributed by atoms with Gasteiger partial charge < -0.3 is 0 Å². The third-order valence-corrected chi connectivity index (χ3v) is 8.54. The predicted octanol–water partition coefficient (Wildman–Crippen LogP) is 9.74. The summed E-state index contributed by atoms with van der Waals surface area (Å²) in [6.45, 7) is 0. The van der Waals surface area contributed by atoms with Crippen LogP contribution in [0.15, 0.2) is 127 Å². The maximum atomic E-state index is 9.53. The second-order valence-corrected chi connectivity index (χ2v) is 10.7. The normalized spacial score (nSPS) is 11.9. The van der Waals surface area contributed by atoms with E-state index in [4.69, 9.17) is 4.98 Å². The van der Waals surface area contributed by atoms with Gasteiger partial charge in [-0.1, -0.05) is 91.0 Å². The lowest BCUT2D eigenvalue weighted by atomic mass is 9.91. The number of rotatable bonds is 2. The lowest BCUT2D eigenvalue weighted by molar-refractivity contribution is 1.31. The van der Waals surface area contributed by atoms with Crippen LogP contribution in [0.2, 0.25) is 0 Å². The van der Waals surface area contributed by atoms with Crippen molar-refractivity contribution in [2.45, 2.75) is 0 Å². The summed E-state index contributed by atoms with van der Waals surface area (Å²) in [4.78, 5) is 5.06. The number of nitrogens with zero attached hydrogens (tertiary/aromatic N) is 3. The molecule has 0 spiro atoms. The second-order valence-electron chi connectivity index (χ2n) is 10.7. The van der Waals surface area contributed by atoms with Gasteiger partial charge in [0.15, 0.2) is 0 Å². The first-order chi connectivity index (χ1) is 20.3. The van der Waals surface area contributed by atoms with Crippen molar-refractivity contribution in [3.8, 4) is 28.5 Å². The molecule has 6 aromatic carbocycles. The quantitative estimate of drug-likeness (QED) is 0.213. The summed E-state index contributed by atoms with van der Waals surface area (Å²) in [5, 5.41) is 19.0. The molecular weight excluding hydrogens is 498 g/mol. The van der Waals surface area contributed by atoms with Crippen molar-refractivity contribution in [2.24, 2.45) is 0 Å². The first-order valence-corrected chi connectivity index (χ1v) is 13.8. The van der Waals surface area contributed by atoms with Crippen LogP contribution >= 0.6 is 0 Å². The molecule has 3 aromatic heterocycles. The number of fused-ring (bicyclic) bond motifs is 9. The molecule has 3 nitrogen and oxygen atoms in total. The van der Waals surface area contributed by atoms with Gasteiger partial charge in [-0.2, -0.15) is 5.26 Å². The van der Waals surface area contributed by atoms with Crippen LogP contribution in [0.4, 0.5) is 0 Å². The highest BCUT2D eigenvalue weighted by Crippen LogP contribution is 2.41. The molecule has 3 heterocycles. The summed E-state index contributed by atoms with van der Waals surface area (Å²) >= 11 is 0. The molecule has 0 saturated heterocycles. The van der Waals surface area contributed by atoms with E-state index in [1.54, 1.807) is 0 Å². The minimum atomic E-state index is 0.682. The summed E-state index contributed by atoms with van der Waals surface area (Å²) in [5.74, 6) is 0. The number of nitriles is 1. The van der Waals surface area contributed by atoms with Crippen molar-refractivity contribution >= 4 is 59.8 Å². The highest BCUT2D eigenvalue weighted by molar-refractivity contribution is 6.26. The van der Waals surface area contributed by atoms with Gasteiger partial charge in [0.05, 0.1) is 28.4 Å². The van der Waals surface area contributed by atoms with Gasteiger partial charge in [-0.25, -0.2) is 4.98 Å². The van der Waals surface area contributed by atoms with Gasteiger partial charge in [0, 0.05) is 16.3 Å². The SMILES string of the molecule is N#Cc1ccc2c3ccc(-c4ccc5c(c4)c4c(-c6ccccc6)nc6cccc5n64)cc3c3ccccc3c2c1. The van der Waals surface area contributed by atoms with Gasteiger partial charge in [0.1, 0.15) is 5.65 Å². The Labute approximate surface area is 235 Å². The molecule has 0 unspecified atom stereocenters. The summed E-state index contributed by atoms with van der Waals surface area (Å²) in [6, 6.07) is 47.3. The van der Waals surface area contributed by atoms with Crippen LogP contribution in [-0.2, 0) is 0 Å². The Morgan fingerprint density at radius 1 is 0.488 bits per heavy atom. The van der Waals surface area contributed by atoms with Crippen LogP contribution in [0, 0.1) is 11.3 Å². The molecular formula is C38H21N3. The Balaban J connectivity index is 1.33. The van der Waals surface area contributed by atoms with Crippen LogP contribution in [0.3, 0.4) is 0 Å². The topological polar surface area (TPSA) is 41.1 Å². The van der Waals surface area contributed by atoms with Crippen molar-refractivity contribution in [1.29, 1.82) is 5.26 Å². The molecule has 9 rings (SSSR count). The van der Waals surface area contributed by atoms with Crippen molar-refractivity contribution in [2.75, 3.05) is 0 Å². The van der Waals surface area contributed by atoms with Crippen molar-refractivity contribution in [1.82, 2.24) is 9.38 Å². The minimum absolute atomic E-state index is 0.682. The smallest absolute Gasteiger partial charge is 0.138 e. The molecule has 41 heavy (non-hydrogen) atoms. The Morgan fingerprint density at radius 3 is 1.88 bits per heavy atom. The van der Waals surface area contributed by atoms with E-state index in [9.17, 15) is 5.26 Å². The third-order valence-electron chi connectivity index (χ3n) is 8.54. The zero-order valence-corrected chi connectivity index (χ0v) is 22.0. The van der Waals surface area contributed by atoms with Gasteiger partial charge >= 0.3 is 0 Å². The second kappa shape index (κ2) is 8.14. The molecule has 0 aliphatic rings. The van der Waals surface area contributed by atoms with Crippen LogP contribution in [0.1, 0.15) is 5.56 Å². The molecule has 3 heteroatoms. The Morgan fingerprint density at radius 2 is 1.12 bits per heavy atom. The number of pyridine rings is 1. The molecule has 0 radical (unpaired) electrons. The van der Waals surface area contributed by atoms with E-state index in [1.807, 2.05) is 18.2 Å². The fourth-order valence-electron chi connectivity index (χ4n) is 6.70. The molecule has 0 aliphatic heterocycles. The highest BCUT2D eigenvalue weighted by Gasteiger charge is 2.19. The average Bonchev–Trinajstić information content (AvgIpc) is 3.60. The maximum Gasteiger partial charge on any atom is 0.138 e. The van der Waals surface area contributed by atoms with Gasteiger partial charge in [-0.05, 0) is 79.8 Å². The molecule has 0 aliphatic carbocycles. The van der Waals surface area contributed by atoms with Gasteiger partial charge in [-0.3, -0.25) is 4.40 Å². The van der Waals surface area contributed by atoms with Crippen LogP contribution in [0.5, 0.6) is 0 Å². The van der Waals surface area contributed by atoms with E-state index in [0.717, 1.165) is 27.8 Å². The molecule has 9 aromatic rings. The first kappa shape index (κ1) is 22.1. The van der Waals surface area contributed by atoms with Gasteiger partial charge in [0.25, 0.3) is 0 Å². The molecule has 0 fully saturated rings.